The van der Waals surface area contributed by atoms with Crippen molar-refractivity contribution in [2.75, 3.05) is 17.7 Å². The van der Waals surface area contributed by atoms with Gasteiger partial charge in [0.05, 0.1) is 29.6 Å². The number of halogens is 2. The van der Waals surface area contributed by atoms with Crippen molar-refractivity contribution in [3.63, 3.8) is 0 Å². The highest BCUT2D eigenvalue weighted by atomic mass is 32.2. The Morgan fingerprint density at radius 2 is 2.17 bits per heavy atom. The van der Waals surface area contributed by atoms with Gasteiger partial charge in [0.2, 0.25) is 10.0 Å². The molecule has 1 saturated heterocycles. The second-order valence-corrected chi connectivity index (χ2v) is 8.89. The summed E-state index contributed by atoms with van der Waals surface area (Å²) in [4.78, 5) is 17.7. The Morgan fingerprint density at radius 3 is 2.87 bits per heavy atom. The first-order chi connectivity index (χ1) is 14.1. The molecule has 3 rings (SSSR count). The van der Waals surface area contributed by atoms with Crippen molar-refractivity contribution in [1.29, 1.82) is 5.41 Å². The number of aromatic nitrogens is 4. The van der Waals surface area contributed by atoms with Crippen LogP contribution in [0.2, 0.25) is 0 Å². The third-order valence-corrected chi connectivity index (χ3v) is 5.56. The van der Waals surface area contributed by atoms with Gasteiger partial charge in [0, 0.05) is 24.7 Å². The summed E-state index contributed by atoms with van der Waals surface area (Å²) in [5.41, 5.74) is 0.326. The molecule has 0 amide bonds. The van der Waals surface area contributed by atoms with Crippen molar-refractivity contribution in [3.8, 4) is 11.4 Å². The summed E-state index contributed by atoms with van der Waals surface area (Å²) >= 11 is 0. The van der Waals surface area contributed by atoms with E-state index in [-0.39, 0.29) is 12.1 Å². The van der Waals surface area contributed by atoms with E-state index >= 15 is 0 Å². The van der Waals surface area contributed by atoms with Crippen LogP contribution in [0.4, 0.5) is 14.6 Å². The van der Waals surface area contributed by atoms with Crippen LogP contribution >= 0.6 is 0 Å². The molecule has 1 fully saturated rings. The van der Waals surface area contributed by atoms with Gasteiger partial charge in [-0.2, -0.15) is 0 Å². The molecule has 2 aromatic rings. The van der Waals surface area contributed by atoms with Gasteiger partial charge in [-0.1, -0.05) is 0 Å². The Balaban J connectivity index is 1.79. The van der Waals surface area contributed by atoms with Crippen molar-refractivity contribution in [2.45, 2.75) is 38.3 Å². The van der Waals surface area contributed by atoms with Crippen LogP contribution in [0.3, 0.4) is 0 Å². The monoisotopic (exact) mass is 439 g/mol. The smallest absolute Gasteiger partial charge is 0.279 e. The molecule has 3 N–H and O–H groups in total. The van der Waals surface area contributed by atoms with E-state index in [1.165, 1.54) is 18.6 Å². The van der Waals surface area contributed by atoms with Gasteiger partial charge in [-0.05, 0) is 31.9 Å². The number of sulfonamides is 1. The van der Waals surface area contributed by atoms with E-state index in [9.17, 15) is 17.2 Å². The number of aromatic amines is 1. The maximum absolute atomic E-state index is 12.4. The molecule has 9 nitrogen and oxygen atoms in total. The predicted molar refractivity (Wildman–Crippen MR) is 110 cm³/mol. The Kier molecular flexibility index (Phi) is 6.56. The molecule has 162 valence electrons. The van der Waals surface area contributed by atoms with Crippen LogP contribution in [0.25, 0.3) is 17.5 Å². The molecular weight excluding hydrogens is 416 g/mol. The van der Waals surface area contributed by atoms with Crippen LogP contribution < -0.4 is 9.62 Å². The lowest BCUT2D eigenvalue weighted by Gasteiger charge is -2.40. The molecule has 2 atom stereocenters. The highest BCUT2D eigenvalue weighted by Crippen LogP contribution is 2.26. The number of alkyl halides is 2. The van der Waals surface area contributed by atoms with Crippen molar-refractivity contribution < 1.29 is 17.2 Å². The number of allylic oxidation sites excluding steroid dienone is 1. The van der Waals surface area contributed by atoms with Crippen molar-refractivity contribution in [1.82, 2.24) is 24.7 Å². The first kappa shape index (κ1) is 22.0. The quantitative estimate of drug-likeness (QED) is 0.567. The van der Waals surface area contributed by atoms with E-state index in [2.05, 4.69) is 24.7 Å². The molecule has 12 heteroatoms. The van der Waals surface area contributed by atoms with Crippen LogP contribution in [0.5, 0.6) is 0 Å². The molecule has 1 aliphatic rings. The predicted octanol–water partition coefficient (Wildman–Crippen LogP) is 2.07. The van der Waals surface area contributed by atoms with Gasteiger partial charge in [0.25, 0.3) is 6.43 Å². The fourth-order valence-electron chi connectivity index (χ4n) is 3.34. The maximum Gasteiger partial charge on any atom is 0.279 e. The average Bonchev–Trinajstić information content (AvgIpc) is 3.16. The first-order valence-electron chi connectivity index (χ1n) is 9.30. The zero-order valence-electron chi connectivity index (χ0n) is 16.5. The fourth-order valence-corrected chi connectivity index (χ4v) is 4.21. The Labute approximate surface area is 173 Å². The van der Waals surface area contributed by atoms with Gasteiger partial charge in [0.1, 0.15) is 18.0 Å². The SMILES string of the molecule is CC1C(NS(C)(=O)=O)CCCN1c1cc(-c2cnc(/C=C\C(=N)C(F)F)[nH]2)ncn1. The second kappa shape index (κ2) is 8.96. The van der Waals surface area contributed by atoms with E-state index in [0.29, 0.717) is 23.0 Å². The minimum absolute atomic E-state index is 0.100. The van der Waals surface area contributed by atoms with E-state index in [1.54, 1.807) is 6.07 Å². The number of anilines is 1. The van der Waals surface area contributed by atoms with Gasteiger partial charge in [-0.25, -0.2) is 36.9 Å². The number of imidazole rings is 1. The normalized spacial score (nSPS) is 20.2. The van der Waals surface area contributed by atoms with Gasteiger partial charge >= 0.3 is 0 Å². The van der Waals surface area contributed by atoms with E-state index in [0.717, 1.165) is 31.7 Å². The van der Waals surface area contributed by atoms with Crippen LogP contribution in [0.15, 0.2) is 24.7 Å². The van der Waals surface area contributed by atoms with Crippen molar-refractivity contribution in [3.05, 3.63) is 30.5 Å². The molecule has 2 unspecified atom stereocenters. The zero-order chi connectivity index (χ0) is 21.9. The van der Waals surface area contributed by atoms with E-state index in [1.807, 2.05) is 11.8 Å². The first-order valence-corrected chi connectivity index (χ1v) is 11.2. The Bertz CT molecular complexity index is 1040. The number of nitrogens with zero attached hydrogens (tertiary/aromatic N) is 4. The molecule has 0 aromatic carbocycles. The summed E-state index contributed by atoms with van der Waals surface area (Å²) in [6.45, 7) is 2.67. The lowest BCUT2D eigenvalue weighted by atomic mass is 9.98. The Morgan fingerprint density at radius 1 is 1.40 bits per heavy atom. The topological polar surface area (TPSA) is 128 Å². The minimum Gasteiger partial charge on any atom is -0.352 e. The second-order valence-electron chi connectivity index (χ2n) is 7.11. The molecule has 0 saturated carbocycles. The molecule has 0 aliphatic carbocycles. The highest BCUT2D eigenvalue weighted by molar-refractivity contribution is 7.88. The third kappa shape index (κ3) is 5.45. The summed E-state index contributed by atoms with van der Waals surface area (Å²) in [6, 6.07) is 1.44. The summed E-state index contributed by atoms with van der Waals surface area (Å²) in [7, 11) is -3.32. The summed E-state index contributed by atoms with van der Waals surface area (Å²) in [6.07, 6.45) is 5.08. The summed E-state index contributed by atoms with van der Waals surface area (Å²) in [5, 5.41) is 7.15. The van der Waals surface area contributed by atoms with Crippen molar-refractivity contribution in [2.24, 2.45) is 0 Å². The van der Waals surface area contributed by atoms with Gasteiger partial charge in [-0.3, -0.25) is 5.41 Å². The molecule has 3 heterocycles. The van der Waals surface area contributed by atoms with Crippen LogP contribution in [0, 0.1) is 5.41 Å². The number of piperidine rings is 1. The number of hydrogen-bond donors (Lipinski definition) is 3. The standard InChI is InChI=1S/C18H23F2N7O2S/c1-11-13(26-30(2,28)29)4-3-7-27(11)17-8-14(23-10-24-17)15-9-22-16(25-15)6-5-12(21)18(19)20/h5-6,8-11,13,18,21,26H,3-4,7H2,1-2H3,(H,22,25)/b6-5-,21-12?. The zero-order valence-corrected chi connectivity index (χ0v) is 17.3. The minimum atomic E-state index is -3.32. The summed E-state index contributed by atoms with van der Waals surface area (Å²) in [5.74, 6) is 0.970. The number of H-pyrrole nitrogens is 1. The van der Waals surface area contributed by atoms with Crippen LogP contribution in [0.1, 0.15) is 25.6 Å². The average molecular weight is 439 g/mol. The summed E-state index contributed by atoms with van der Waals surface area (Å²) < 4.78 is 50.8. The van der Waals surface area contributed by atoms with Gasteiger partial charge in [-0.15, -0.1) is 0 Å². The fraction of sp³-hybridized carbons (Fsp3) is 0.444. The van der Waals surface area contributed by atoms with Crippen molar-refractivity contribution >= 4 is 27.6 Å². The lowest BCUT2D eigenvalue weighted by molar-refractivity contribution is 0.226. The van der Waals surface area contributed by atoms with Gasteiger partial charge < -0.3 is 9.88 Å². The molecule has 0 radical (unpaired) electrons. The molecule has 30 heavy (non-hydrogen) atoms. The van der Waals surface area contributed by atoms with E-state index < -0.39 is 22.2 Å². The molecule has 2 aromatic heterocycles. The Hall–Kier alpha value is -2.73. The van der Waals surface area contributed by atoms with Gasteiger partial charge in [0.15, 0.2) is 0 Å². The maximum atomic E-state index is 12.4. The van der Waals surface area contributed by atoms with Crippen LogP contribution in [-0.4, -0.2) is 65.4 Å². The number of nitrogens with one attached hydrogen (secondary N) is 3. The molecule has 0 bridgehead atoms. The third-order valence-electron chi connectivity index (χ3n) is 4.83. The lowest BCUT2D eigenvalue weighted by Crippen LogP contribution is -2.54. The molecular formula is C18H23F2N7O2S. The molecule has 1 aliphatic heterocycles. The van der Waals surface area contributed by atoms with E-state index in [4.69, 9.17) is 5.41 Å². The number of rotatable bonds is 7. The highest BCUT2D eigenvalue weighted by Gasteiger charge is 2.30. The number of hydrogen-bond acceptors (Lipinski definition) is 7. The van der Waals surface area contributed by atoms with Crippen LogP contribution in [-0.2, 0) is 10.0 Å². The largest absolute Gasteiger partial charge is 0.352 e. The molecule has 0 spiro atoms.